The van der Waals surface area contributed by atoms with Crippen LogP contribution in [0.15, 0.2) is 12.2 Å². The van der Waals surface area contributed by atoms with Gasteiger partial charge in [-0.1, -0.05) is 38.8 Å². The molecule has 0 bridgehead atoms. The Bertz CT molecular complexity index is 181. The summed E-state index contributed by atoms with van der Waals surface area (Å²) in [5.41, 5.74) is 1.51. The van der Waals surface area contributed by atoms with Crippen LogP contribution in [0.5, 0.6) is 0 Å². The predicted octanol–water partition coefficient (Wildman–Crippen LogP) is 1.59. The number of hydrogen-bond donors (Lipinski definition) is 0. The van der Waals surface area contributed by atoms with Crippen LogP contribution in [0.2, 0.25) is 5.04 Å². The lowest BCUT2D eigenvalue weighted by atomic mass is 9.91. The first-order valence-electron chi connectivity index (χ1n) is 5.53. The van der Waals surface area contributed by atoms with Crippen molar-refractivity contribution in [1.82, 2.24) is 4.90 Å². The third kappa shape index (κ3) is 2.95. The molecule has 0 saturated carbocycles. The number of rotatable bonds is 6. The average molecular weight is 197 g/mol. The van der Waals surface area contributed by atoms with Crippen LogP contribution in [0.4, 0.5) is 0 Å². The maximum atomic E-state index is 4.28. The maximum Gasteiger partial charge on any atom is 0.0157 e. The summed E-state index contributed by atoms with van der Waals surface area (Å²) in [6.45, 7) is 12.8. The van der Waals surface area contributed by atoms with Gasteiger partial charge in [0.05, 0.1) is 0 Å². The van der Waals surface area contributed by atoms with Crippen molar-refractivity contribution in [3.05, 3.63) is 12.2 Å². The van der Waals surface area contributed by atoms with E-state index in [1.807, 2.05) is 0 Å². The Morgan fingerprint density at radius 3 is 2.31 bits per heavy atom. The first-order valence-corrected chi connectivity index (χ1v) is 6.53. The molecule has 1 fully saturated rings. The highest BCUT2D eigenvalue weighted by Crippen LogP contribution is 2.39. The number of hydrogen-bond acceptors (Lipinski definition) is 1. The molecule has 1 rings (SSSR count). The van der Waals surface area contributed by atoms with Crippen molar-refractivity contribution in [3.8, 4) is 0 Å². The van der Waals surface area contributed by atoms with Crippen molar-refractivity contribution in [1.29, 1.82) is 0 Å². The maximum absolute atomic E-state index is 4.28. The molecule has 1 aliphatic rings. The van der Waals surface area contributed by atoms with Gasteiger partial charge in [0.25, 0.3) is 0 Å². The van der Waals surface area contributed by atoms with Gasteiger partial charge in [0.1, 0.15) is 0 Å². The fraction of sp³-hybridized carbons (Fsp3) is 0.818. The van der Waals surface area contributed by atoms with E-state index >= 15 is 0 Å². The minimum absolute atomic E-state index is 0.524. The molecule has 0 aromatic rings. The van der Waals surface area contributed by atoms with Crippen molar-refractivity contribution in [2.75, 3.05) is 19.6 Å². The minimum atomic E-state index is 0.524. The van der Waals surface area contributed by atoms with E-state index in [9.17, 15) is 0 Å². The highest BCUT2D eigenvalue weighted by molar-refractivity contribution is 6.17. The fourth-order valence-corrected chi connectivity index (χ4v) is 1.89. The monoisotopic (exact) mass is 197 g/mol. The summed E-state index contributed by atoms with van der Waals surface area (Å²) in [6.07, 6.45) is 3.80. The van der Waals surface area contributed by atoms with Crippen LogP contribution in [0.25, 0.3) is 0 Å². The second-order valence-corrected chi connectivity index (χ2v) is 6.38. The van der Waals surface area contributed by atoms with Crippen LogP contribution in [0.1, 0.15) is 33.1 Å². The molecule has 1 heterocycles. The van der Waals surface area contributed by atoms with Gasteiger partial charge in [-0.3, -0.25) is 0 Å². The molecule has 1 saturated heterocycles. The van der Waals surface area contributed by atoms with Crippen molar-refractivity contribution >= 4 is 10.2 Å². The molecule has 0 radical (unpaired) electrons. The highest BCUT2D eigenvalue weighted by Gasteiger charge is 2.24. The van der Waals surface area contributed by atoms with Gasteiger partial charge < -0.3 is 4.90 Å². The van der Waals surface area contributed by atoms with Gasteiger partial charge in [-0.25, -0.2) is 0 Å². The molecule has 0 aliphatic carbocycles. The zero-order chi connectivity index (χ0) is 9.90. The van der Waals surface area contributed by atoms with E-state index in [2.05, 4.69) is 25.3 Å². The summed E-state index contributed by atoms with van der Waals surface area (Å²) in [5, 5.41) is 0.524. The van der Waals surface area contributed by atoms with E-state index in [4.69, 9.17) is 0 Å². The quantitative estimate of drug-likeness (QED) is 0.355. The zero-order valence-electron chi connectivity index (χ0n) is 9.40. The van der Waals surface area contributed by atoms with E-state index in [1.54, 1.807) is 0 Å². The second-order valence-electron chi connectivity index (χ2n) is 4.46. The Labute approximate surface area is 85.6 Å². The van der Waals surface area contributed by atoms with Gasteiger partial charge in [0, 0.05) is 29.9 Å². The molecule has 2 heteroatoms. The molecule has 1 aliphatic heterocycles. The third-order valence-electron chi connectivity index (χ3n) is 3.68. The van der Waals surface area contributed by atoms with E-state index in [1.165, 1.54) is 54.7 Å². The van der Waals surface area contributed by atoms with E-state index in [-0.39, 0.29) is 0 Å². The van der Waals surface area contributed by atoms with Crippen molar-refractivity contribution in [3.63, 3.8) is 0 Å². The van der Waals surface area contributed by atoms with Crippen molar-refractivity contribution in [2.24, 2.45) is 0 Å². The molecule has 0 unspecified atom stereocenters. The van der Waals surface area contributed by atoms with Gasteiger partial charge >= 0.3 is 0 Å². The molecule has 76 valence electrons. The van der Waals surface area contributed by atoms with Crippen LogP contribution < -0.4 is 0 Å². The third-order valence-corrected chi connectivity index (χ3v) is 5.81. The summed E-state index contributed by atoms with van der Waals surface area (Å²) in [4.78, 5) is 2.48. The summed E-state index contributed by atoms with van der Waals surface area (Å²) in [6, 6.07) is 0. The van der Waals surface area contributed by atoms with Crippen LogP contribution in [-0.2, 0) is 0 Å². The summed E-state index contributed by atoms with van der Waals surface area (Å²) >= 11 is 0. The van der Waals surface area contributed by atoms with E-state index < -0.39 is 0 Å². The molecular formula is C11H23NSi. The number of nitrogens with zero attached hydrogens (tertiary/aromatic N) is 1. The smallest absolute Gasteiger partial charge is 0.0157 e. The Kier molecular flexibility index (Phi) is 3.74. The molecule has 0 N–H and O–H groups in total. The fourth-order valence-electron chi connectivity index (χ4n) is 1.64. The minimum Gasteiger partial charge on any atom is -0.300 e. The molecule has 0 aromatic carbocycles. The first kappa shape index (κ1) is 11.0. The Hall–Kier alpha value is -0.0831. The molecular weight excluding hydrogens is 174 g/mol. The highest BCUT2D eigenvalue weighted by atomic mass is 28.1. The van der Waals surface area contributed by atoms with Crippen molar-refractivity contribution < 1.29 is 0 Å². The largest absolute Gasteiger partial charge is 0.300 e. The standard InChI is InChI=1S/C11H23NSi/c1-4-11(13,5-2)10(3)6-7-12-8-9-12/h3-9H2,1-2,13H3. The molecule has 0 spiro atoms. The summed E-state index contributed by atoms with van der Waals surface area (Å²) < 4.78 is 0. The van der Waals surface area contributed by atoms with Gasteiger partial charge in [-0.15, -0.1) is 0 Å². The van der Waals surface area contributed by atoms with Gasteiger partial charge in [0.2, 0.25) is 0 Å². The van der Waals surface area contributed by atoms with Gasteiger partial charge in [0.15, 0.2) is 0 Å². The Balaban J connectivity index is 2.33. The molecule has 1 nitrogen and oxygen atoms in total. The van der Waals surface area contributed by atoms with E-state index in [0.717, 1.165) is 0 Å². The van der Waals surface area contributed by atoms with Crippen LogP contribution in [-0.4, -0.2) is 34.8 Å². The lowest BCUT2D eigenvalue weighted by Gasteiger charge is -2.29. The Morgan fingerprint density at radius 1 is 1.38 bits per heavy atom. The summed E-state index contributed by atoms with van der Waals surface area (Å²) in [7, 11) is 1.27. The van der Waals surface area contributed by atoms with Crippen LogP contribution in [0.3, 0.4) is 0 Å². The van der Waals surface area contributed by atoms with Gasteiger partial charge in [-0.2, -0.15) is 0 Å². The van der Waals surface area contributed by atoms with Gasteiger partial charge in [-0.05, 0) is 11.5 Å². The second kappa shape index (κ2) is 4.42. The molecule has 13 heavy (non-hydrogen) atoms. The predicted molar refractivity (Wildman–Crippen MR) is 63.4 cm³/mol. The lowest BCUT2D eigenvalue weighted by molar-refractivity contribution is 0.514. The molecule has 0 aromatic heterocycles. The average Bonchev–Trinajstić information content (AvgIpc) is 2.96. The van der Waals surface area contributed by atoms with E-state index in [0.29, 0.717) is 5.04 Å². The van der Waals surface area contributed by atoms with Crippen molar-refractivity contribution in [2.45, 2.75) is 38.1 Å². The summed E-state index contributed by atoms with van der Waals surface area (Å²) in [5.74, 6) is 0. The normalized spacial score (nSPS) is 17.7. The SMILES string of the molecule is C=C(CCN1CC1)C([SiH3])(CC)CC. The zero-order valence-corrected chi connectivity index (χ0v) is 11.4. The molecule has 0 amide bonds. The first-order chi connectivity index (χ1) is 6.12. The van der Waals surface area contributed by atoms with Crippen LogP contribution >= 0.6 is 0 Å². The topological polar surface area (TPSA) is 3.01 Å². The lowest BCUT2D eigenvalue weighted by Crippen LogP contribution is -2.15. The molecule has 0 atom stereocenters. The Morgan fingerprint density at radius 2 is 1.92 bits per heavy atom. The van der Waals surface area contributed by atoms with Crippen LogP contribution in [0, 0.1) is 0 Å².